The summed E-state index contributed by atoms with van der Waals surface area (Å²) in [5.41, 5.74) is 2.47. The molecule has 2 aliphatic rings. The van der Waals surface area contributed by atoms with Gasteiger partial charge in [-0.25, -0.2) is 0 Å². The molecule has 2 heterocycles. The van der Waals surface area contributed by atoms with E-state index in [1.807, 2.05) is 12.1 Å². The Labute approximate surface area is 169 Å². The molecule has 7 nitrogen and oxygen atoms in total. The predicted octanol–water partition coefficient (Wildman–Crippen LogP) is 2.29. The van der Waals surface area contributed by atoms with Crippen LogP contribution in [0, 0.1) is 0 Å². The first-order valence-electron chi connectivity index (χ1n) is 9.14. The van der Waals surface area contributed by atoms with Crippen LogP contribution < -0.4 is 25.0 Å². The molecule has 2 aromatic rings. The van der Waals surface area contributed by atoms with Gasteiger partial charge in [-0.3, -0.25) is 10.1 Å². The molecule has 2 aliphatic heterocycles. The Morgan fingerprint density at radius 1 is 1.00 bits per heavy atom. The lowest BCUT2D eigenvalue weighted by Crippen LogP contribution is -2.44. The highest BCUT2D eigenvalue weighted by atomic mass is 32.1. The van der Waals surface area contributed by atoms with Crippen LogP contribution in [-0.2, 0) is 0 Å². The molecule has 0 aromatic heterocycles. The molecule has 0 spiro atoms. The summed E-state index contributed by atoms with van der Waals surface area (Å²) in [6, 6.07) is 13.1. The fourth-order valence-electron chi connectivity index (χ4n) is 3.20. The molecule has 28 heavy (non-hydrogen) atoms. The molecule has 0 aliphatic carbocycles. The second-order valence-corrected chi connectivity index (χ2v) is 7.22. The number of thiocarbonyl (C=S) groups is 1. The van der Waals surface area contributed by atoms with Crippen LogP contribution in [0.4, 0.5) is 11.4 Å². The monoisotopic (exact) mass is 398 g/mol. The number of carbonyl (C=O) groups excluding carboxylic acids is 1. The fourth-order valence-corrected chi connectivity index (χ4v) is 3.41. The first-order valence-corrected chi connectivity index (χ1v) is 9.55. The van der Waals surface area contributed by atoms with E-state index >= 15 is 0 Å². The SMILES string of the molecule is CN1CCN(c2ccc(NC(=S)NC(=O)c3ccc4c(c3)OCO4)cc2)CC1. The molecule has 1 fully saturated rings. The van der Waals surface area contributed by atoms with Crippen LogP contribution in [0.2, 0.25) is 0 Å². The summed E-state index contributed by atoms with van der Waals surface area (Å²) in [7, 11) is 2.14. The van der Waals surface area contributed by atoms with Crippen molar-refractivity contribution in [3.63, 3.8) is 0 Å². The first-order chi connectivity index (χ1) is 13.6. The van der Waals surface area contributed by atoms with E-state index in [4.69, 9.17) is 21.7 Å². The molecule has 146 valence electrons. The summed E-state index contributed by atoms with van der Waals surface area (Å²) < 4.78 is 10.6. The van der Waals surface area contributed by atoms with Gasteiger partial charge in [-0.05, 0) is 61.7 Å². The third kappa shape index (κ3) is 4.18. The van der Waals surface area contributed by atoms with Crippen LogP contribution in [0.3, 0.4) is 0 Å². The van der Waals surface area contributed by atoms with Gasteiger partial charge in [-0.15, -0.1) is 0 Å². The number of likely N-dealkylation sites (N-methyl/N-ethyl adjacent to an activating group) is 1. The molecule has 0 saturated carbocycles. The van der Waals surface area contributed by atoms with E-state index in [2.05, 4.69) is 39.6 Å². The number of hydrogen-bond acceptors (Lipinski definition) is 6. The highest BCUT2D eigenvalue weighted by molar-refractivity contribution is 7.80. The number of hydrogen-bond donors (Lipinski definition) is 2. The van der Waals surface area contributed by atoms with E-state index in [1.54, 1.807) is 18.2 Å². The summed E-state index contributed by atoms with van der Waals surface area (Å²) in [5.74, 6) is 0.897. The highest BCUT2D eigenvalue weighted by Gasteiger charge is 2.17. The summed E-state index contributed by atoms with van der Waals surface area (Å²) in [5, 5.41) is 5.98. The first kappa shape index (κ1) is 18.5. The molecule has 0 bridgehead atoms. The number of fused-ring (bicyclic) bond motifs is 1. The van der Waals surface area contributed by atoms with Crippen molar-refractivity contribution < 1.29 is 14.3 Å². The summed E-state index contributed by atoms with van der Waals surface area (Å²) in [6.07, 6.45) is 0. The Morgan fingerprint density at radius 2 is 1.71 bits per heavy atom. The van der Waals surface area contributed by atoms with Gasteiger partial charge < -0.3 is 24.6 Å². The zero-order valence-electron chi connectivity index (χ0n) is 15.6. The van der Waals surface area contributed by atoms with Gasteiger partial charge in [-0.2, -0.15) is 0 Å². The normalized spacial score (nSPS) is 16.0. The number of amides is 1. The lowest BCUT2D eigenvalue weighted by molar-refractivity contribution is 0.0977. The fraction of sp³-hybridized carbons (Fsp3) is 0.300. The third-order valence-electron chi connectivity index (χ3n) is 4.86. The van der Waals surface area contributed by atoms with E-state index in [9.17, 15) is 4.79 Å². The molecule has 4 rings (SSSR count). The van der Waals surface area contributed by atoms with Gasteiger partial charge in [0.1, 0.15) is 0 Å². The van der Waals surface area contributed by atoms with Crippen LogP contribution in [-0.4, -0.2) is 55.9 Å². The second-order valence-electron chi connectivity index (χ2n) is 6.81. The van der Waals surface area contributed by atoms with E-state index in [0.29, 0.717) is 17.1 Å². The lowest BCUT2D eigenvalue weighted by Gasteiger charge is -2.34. The Balaban J connectivity index is 1.32. The van der Waals surface area contributed by atoms with Gasteiger partial charge in [0.2, 0.25) is 6.79 Å². The molecular formula is C20H22N4O3S. The molecule has 2 aromatic carbocycles. The molecule has 8 heteroatoms. The van der Waals surface area contributed by atoms with E-state index < -0.39 is 0 Å². The number of rotatable bonds is 3. The maximum absolute atomic E-state index is 12.4. The highest BCUT2D eigenvalue weighted by Crippen LogP contribution is 2.32. The Morgan fingerprint density at radius 3 is 2.46 bits per heavy atom. The summed E-state index contributed by atoms with van der Waals surface area (Å²) in [4.78, 5) is 17.1. The van der Waals surface area contributed by atoms with E-state index in [0.717, 1.165) is 31.9 Å². The zero-order valence-corrected chi connectivity index (χ0v) is 16.4. The smallest absolute Gasteiger partial charge is 0.257 e. The summed E-state index contributed by atoms with van der Waals surface area (Å²) >= 11 is 5.27. The van der Waals surface area contributed by atoms with Gasteiger partial charge in [0, 0.05) is 43.1 Å². The molecule has 2 N–H and O–H groups in total. The van der Waals surface area contributed by atoms with E-state index in [1.165, 1.54) is 5.69 Å². The summed E-state index contributed by atoms with van der Waals surface area (Å²) in [6.45, 7) is 4.34. The van der Waals surface area contributed by atoms with Gasteiger partial charge in [0.15, 0.2) is 16.6 Å². The molecule has 0 atom stereocenters. The maximum Gasteiger partial charge on any atom is 0.257 e. The van der Waals surface area contributed by atoms with Crippen molar-refractivity contribution in [2.24, 2.45) is 0 Å². The van der Waals surface area contributed by atoms with Crippen molar-refractivity contribution in [2.75, 3.05) is 50.2 Å². The molecule has 1 amide bonds. The van der Waals surface area contributed by atoms with Crippen molar-refractivity contribution in [1.82, 2.24) is 10.2 Å². The van der Waals surface area contributed by atoms with Crippen molar-refractivity contribution in [2.45, 2.75) is 0 Å². The van der Waals surface area contributed by atoms with Crippen LogP contribution in [0.1, 0.15) is 10.4 Å². The average Bonchev–Trinajstić information content (AvgIpc) is 3.17. The lowest BCUT2D eigenvalue weighted by atomic mass is 10.2. The maximum atomic E-state index is 12.4. The Bertz CT molecular complexity index is 880. The number of carbonyl (C=O) groups is 1. The standard InChI is InChI=1S/C20H22N4O3S/c1-23-8-10-24(11-9-23)16-5-3-15(4-6-16)21-20(28)22-19(25)14-2-7-17-18(12-14)27-13-26-17/h2-7,12H,8-11,13H2,1H3,(H2,21,22,25,28). The Kier molecular flexibility index (Phi) is 5.31. The molecule has 1 saturated heterocycles. The van der Waals surface area contributed by atoms with Crippen LogP contribution in [0.15, 0.2) is 42.5 Å². The van der Waals surface area contributed by atoms with Gasteiger partial charge >= 0.3 is 0 Å². The average molecular weight is 398 g/mol. The minimum atomic E-state index is -0.301. The van der Waals surface area contributed by atoms with Gasteiger partial charge in [0.05, 0.1) is 0 Å². The largest absolute Gasteiger partial charge is 0.454 e. The van der Waals surface area contributed by atoms with Crippen molar-refractivity contribution in [1.29, 1.82) is 0 Å². The number of nitrogens with one attached hydrogen (secondary N) is 2. The van der Waals surface area contributed by atoms with Crippen molar-refractivity contribution >= 4 is 34.6 Å². The third-order valence-corrected chi connectivity index (χ3v) is 5.06. The minimum absolute atomic E-state index is 0.171. The van der Waals surface area contributed by atoms with Crippen molar-refractivity contribution in [3.8, 4) is 11.5 Å². The number of piperazine rings is 1. The molecular weight excluding hydrogens is 376 g/mol. The Hall–Kier alpha value is -2.84. The topological polar surface area (TPSA) is 66.1 Å². The minimum Gasteiger partial charge on any atom is -0.454 e. The van der Waals surface area contributed by atoms with Gasteiger partial charge in [-0.1, -0.05) is 0 Å². The van der Waals surface area contributed by atoms with Crippen molar-refractivity contribution in [3.05, 3.63) is 48.0 Å². The second kappa shape index (κ2) is 8.04. The van der Waals surface area contributed by atoms with Crippen LogP contribution in [0.5, 0.6) is 11.5 Å². The molecule has 0 unspecified atom stereocenters. The number of benzene rings is 2. The number of ether oxygens (including phenoxy) is 2. The van der Waals surface area contributed by atoms with Crippen LogP contribution in [0.25, 0.3) is 0 Å². The van der Waals surface area contributed by atoms with E-state index in [-0.39, 0.29) is 17.8 Å². The predicted molar refractivity (Wildman–Crippen MR) is 112 cm³/mol. The van der Waals surface area contributed by atoms with Gasteiger partial charge in [0.25, 0.3) is 5.91 Å². The number of anilines is 2. The number of nitrogens with zero attached hydrogens (tertiary/aromatic N) is 2. The quantitative estimate of drug-likeness (QED) is 0.769. The van der Waals surface area contributed by atoms with Crippen LogP contribution >= 0.6 is 12.2 Å². The molecule has 0 radical (unpaired) electrons. The zero-order chi connectivity index (χ0) is 19.5.